The zero-order valence-corrected chi connectivity index (χ0v) is 24.1. The number of hydrogen-bond donors (Lipinski definition) is 0. The van der Waals surface area contributed by atoms with Crippen molar-refractivity contribution in [1.29, 1.82) is 5.26 Å². The van der Waals surface area contributed by atoms with Gasteiger partial charge in [-0.2, -0.15) is 5.26 Å². The van der Waals surface area contributed by atoms with Crippen molar-refractivity contribution in [1.82, 2.24) is 0 Å². The smallest absolute Gasteiger partial charge is 0.269 e. The van der Waals surface area contributed by atoms with Gasteiger partial charge in [0.1, 0.15) is 13.2 Å². The molecule has 0 saturated carbocycles. The van der Waals surface area contributed by atoms with E-state index in [0.717, 1.165) is 11.1 Å². The van der Waals surface area contributed by atoms with Gasteiger partial charge in [-0.1, -0.05) is 36.4 Å². The van der Waals surface area contributed by atoms with Crippen molar-refractivity contribution < 1.29 is 23.9 Å². The number of nitro groups is 1. The lowest BCUT2D eigenvalue weighted by Gasteiger charge is -2.16. The summed E-state index contributed by atoms with van der Waals surface area (Å²) >= 11 is 3.56. The van der Waals surface area contributed by atoms with Crippen LogP contribution in [0, 0.1) is 21.4 Å². The van der Waals surface area contributed by atoms with E-state index in [9.17, 15) is 15.4 Å². The molecule has 0 fully saturated rings. The van der Waals surface area contributed by atoms with Gasteiger partial charge in [0.2, 0.25) is 0 Å². The summed E-state index contributed by atoms with van der Waals surface area (Å²) in [5.41, 5.74) is 3.50. The summed E-state index contributed by atoms with van der Waals surface area (Å²) in [7, 11) is 1.54. The standard InChI is InChI=1S/C32H27BrN2O6/c1-3-39-30-17-23(9-14-29(30)40-20-22-7-5-4-6-8-22)21-41-32-28(33)16-24(18-31(32)38-2)15-26(19-34)25-10-12-27(13-11-25)35(36)37/h4-18H,3,20-21H2,1-2H3/b26-15+. The maximum atomic E-state index is 10.9. The van der Waals surface area contributed by atoms with Crippen LogP contribution in [0.15, 0.2) is 89.4 Å². The molecule has 0 aliphatic rings. The minimum absolute atomic E-state index is 0.0420. The average Bonchev–Trinajstić information content (AvgIpc) is 2.99. The lowest BCUT2D eigenvalue weighted by atomic mass is 10.0. The van der Waals surface area contributed by atoms with Crippen LogP contribution in [0.4, 0.5) is 5.69 Å². The molecule has 0 N–H and O–H groups in total. The maximum absolute atomic E-state index is 10.9. The summed E-state index contributed by atoms with van der Waals surface area (Å²) in [6.45, 7) is 3.08. The van der Waals surface area contributed by atoms with E-state index in [4.69, 9.17) is 18.9 Å². The van der Waals surface area contributed by atoms with E-state index in [2.05, 4.69) is 22.0 Å². The molecule has 0 radical (unpaired) electrons. The van der Waals surface area contributed by atoms with Gasteiger partial charge >= 0.3 is 0 Å². The van der Waals surface area contributed by atoms with E-state index in [-0.39, 0.29) is 12.3 Å². The van der Waals surface area contributed by atoms with Crippen molar-refractivity contribution in [3.05, 3.63) is 122 Å². The first kappa shape index (κ1) is 29.2. The van der Waals surface area contributed by atoms with Crippen LogP contribution in [0.25, 0.3) is 11.6 Å². The summed E-state index contributed by atoms with van der Waals surface area (Å²) in [5, 5.41) is 20.7. The topological polar surface area (TPSA) is 104 Å². The number of halogens is 1. The molecule has 0 atom stereocenters. The van der Waals surface area contributed by atoms with Crippen LogP contribution in [0.1, 0.15) is 29.2 Å². The fraction of sp³-hybridized carbons (Fsp3) is 0.156. The van der Waals surface area contributed by atoms with E-state index in [1.165, 1.54) is 19.2 Å². The highest BCUT2D eigenvalue weighted by Crippen LogP contribution is 2.39. The van der Waals surface area contributed by atoms with Crippen LogP contribution in [0.3, 0.4) is 0 Å². The van der Waals surface area contributed by atoms with Gasteiger partial charge in [-0.25, -0.2) is 0 Å². The van der Waals surface area contributed by atoms with Crippen LogP contribution in [0.2, 0.25) is 0 Å². The Kier molecular flexibility index (Phi) is 9.97. The second-order valence-corrected chi connectivity index (χ2v) is 9.64. The third-order valence-electron chi connectivity index (χ3n) is 6.00. The molecule has 0 spiro atoms. The second kappa shape index (κ2) is 14.0. The van der Waals surface area contributed by atoms with Gasteiger partial charge < -0.3 is 18.9 Å². The van der Waals surface area contributed by atoms with E-state index in [1.807, 2.05) is 61.5 Å². The SMILES string of the molecule is CCOc1cc(COc2c(Br)cc(/C=C(\C#N)c3ccc([N+](=O)[O-])cc3)cc2OC)ccc1OCc1ccccc1. The predicted molar refractivity (Wildman–Crippen MR) is 160 cm³/mol. The minimum Gasteiger partial charge on any atom is -0.493 e. The number of non-ortho nitro benzene ring substituents is 1. The van der Waals surface area contributed by atoms with E-state index < -0.39 is 4.92 Å². The Hall–Kier alpha value is -4.81. The molecule has 41 heavy (non-hydrogen) atoms. The molecule has 0 aliphatic heterocycles. The summed E-state index contributed by atoms with van der Waals surface area (Å²) in [6, 6.07) is 27.2. The predicted octanol–water partition coefficient (Wildman–Crippen LogP) is 7.99. The number of ether oxygens (including phenoxy) is 4. The first-order valence-electron chi connectivity index (χ1n) is 12.7. The third kappa shape index (κ3) is 7.65. The average molecular weight is 615 g/mol. The number of nitro benzene ring substituents is 1. The molecule has 4 aromatic carbocycles. The van der Waals surface area contributed by atoms with Gasteiger partial charge in [-0.05, 0) is 87.6 Å². The van der Waals surface area contributed by atoms with Gasteiger partial charge in [0, 0.05) is 12.1 Å². The van der Waals surface area contributed by atoms with Gasteiger partial charge in [-0.3, -0.25) is 10.1 Å². The van der Waals surface area contributed by atoms with Crippen LogP contribution in [-0.2, 0) is 13.2 Å². The number of benzene rings is 4. The Bertz CT molecular complexity index is 1580. The number of nitrogens with zero attached hydrogens (tertiary/aromatic N) is 2. The van der Waals surface area contributed by atoms with E-state index in [0.29, 0.717) is 57.4 Å². The van der Waals surface area contributed by atoms with E-state index in [1.54, 1.807) is 24.3 Å². The van der Waals surface area contributed by atoms with Gasteiger partial charge in [0.25, 0.3) is 5.69 Å². The number of allylic oxidation sites excluding steroid dienone is 1. The monoisotopic (exact) mass is 614 g/mol. The number of rotatable bonds is 12. The van der Waals surface area contributed by atoms with Crippen LogP contribution in [-0.4, -0.2) is 18.6 Å². The first-order valence-corrected chi connectivity index (χ1v) is 13.5. The second-order valence-electron chi connectivity index (χ2n) is 8.78. The highest BCUT2D eigenvalue weighted by atomic mass is 79.9. The summed E-state index contributed by atoms with van der Waals surface area (Å²) in [6.07, 6.45) is 1.68. The van der Waals surface area contributed by atoms with Crippen LogP contribution < -0.4 is 18.9 Å². The molecule has 9 heteroatoms. The highest BCUT2D eigenvalue weighted by Gasteiger charge is 2.14. The largest absolute Gasteiger partial charge is 0.493 e. The molecule has 0 aromatic heterocycles. The molecule has 0 amide bonds. The molecule has 0 heterocycles. The summed E-state index contributed by atoms with van der Waals surface area (Å²) in [5.74, 6) is 2.25. The van der Waals surface area contributed by atoms with E-state index >= 15 is 0 Å². The molecule has 8 nitrogen and oxygen atoms in total. The van der Waals surface area contributed by atoms with Crippen LogP contribution in [0.5, 0.6) is 23.0 Å². The summed E-state index contributed by atoms with van der Waals surface area (Å²) < 4.78 is 24.2. The first-order chi connectivity index (χ1) is 19.9. The number of nitriles is 1. The Morgan fingerprint density at radius 3 is 2.29 bits per heavy atom. The Morgan fingerprint density at radius 2 is 1.63 bits per heavy atom. The van der Waals surface area contributed by atoms with Crippen molar-refractivity contribution >= 4 is 33.3 Å². The Balaban J connectivity index is 1.51. The molecule has 0 bridgehead atoms. The third-order valence-corrected chi connectivity index (χ3v) is 6.59. The molecule has 4 rings (SSSR count). The van der Waals surface area contributed by atoms with Crippen molar-refractivity contribution in [2.75, 3.05) is 13.7 Å². The number of methoxy groups -OCH3 is 1. The molecule has 0 saturated heterocycles. The fourth-order valence-electron chi connectivity index (χ4n) is 3.99. The maximum Gasteiger partial charge on any atom is 0.269 e. The number of hydrogen-bond acceptors (Lipinski definition) is 7. The van der Waals surface area contributed by atoms with Crippen LogP contribution >= 0.6 is 15.9 Å². The lowest BCUT2D eigenvalue weighted by Crippen LogP contribution is -2.03. The Morgan fingerprint density at radius 1 is 0.902 bits per heavy atom. The molecule has 4 aromatic rings. The minimum atomic E-state index is -0.480. The van der Waals surface area contributed by atoms with Crippen molar-refractivity contribution in [2.24, 2.45) is 0 Å². The molecule has 0 aliphatic carbocycles. The Labute approximate surface area is 246 Å². The normalized spacial score (nSPS) is 10.9. The quantitative estimate of drug-likeness (QED) is 0.0689. The molecule has 0 unspecified atom stereocenters. The van der Waals surface area contributed by atoms with Gasteiger partial charge in [-0.15, -0.1) is 0 Å². The highest BCUT2D eigenvalue weighted by molar-refractivity contribution is 9.10. The van der Waals surface area contributed by atoms with Gasteiger partial charge in [0.15, 0.2) is 23.0 Å². The zero-order valence-electron chi connectivity index (χ0n) is 22.5. The van der Waals surface area contributed by atoms with Gasteiger partial charge in [0.05, 0.1) is 34.8 Å². The molecule has 208 valence electrons. The lowest BCUT2D eigenvalue weighted by molar-refractivity contribution is -0.384. The van der Waals surface area contributed by atoms with Crippen molar-refractivity contribution in [2.45, 2.75) is 20.1 Å². The van der Waals surface area contributed by atoms with Crippen molar-refractivity contribution in [3.8, 4) is 29.1 Å². The summed E-state index contributed by atoms with van der Waals surface area (Å²) in [4.78, 5) is 10.5. The zero-order chi connectivity index (χ0) is 29.2. The fourth-order valence-corrected chi connectivity index (χ4v) is 4.57. The van der Waals surface area contributed by atoms with Crippen molar-refractivity contribution in [3.63, 3.8) is 0 Å². The molecular formula is C32H27BrN2O6. The molecular weight excluding hydrogens is 588 g/mol.